The molecule has 2 heterocycles. The van der Waals surface area contributed by atoms with Crippen molar-refractivity contribution in [2.45, 2.75) is 32.4 Å². The van der Waals surface area contributed by atoms with Crippen LogP contribution in [-0.2, 0) is 11.3 Å². The maximum Gasteiger partial charge on any atom is 0.409 e. The van der Waals surface area contributed by atoms with Crippen LogP contribution in [0, 0.1) is 0 Å². The Morgan fingerprint density at radius 2 is 1.96 bits per heavy atom. The van der Waals surface area contributed by atoms with Gasteiger partial charge in [0, 0.05) is 30.6 Å². The van der Waals surface area contributed by atoms with Crippen LogP contribution in [0.4, 0.5) is 16.2 Å². The molecule has 3 N–H and O–H groups in total. The molecule has 0 aliphatic carbocycles. The summed E-state index contributed by atoms with van der Waals surface area (Å²) < 4.78 is 5.06. The molecule has 1 aromatic heterocycles. The number of piperidine rings is 1. The van der Waals surface area contributed by atoms with E-state index < -0.39 is 0 Å². The molecular formula is C20H26N4O2S2. The van der Waals surface area contributed by atoms with Gasteiger partial charge in [0.1, 0.15) is 0 Å². The van der Waals surface area contributed by atoms with Gasteiger partial charge in [-0.1, -0.05) is 18.2 Å². The molecule has 0 atom stereocenters. The molecule has 28 heavy (non-hydrogen) atoms. The predicted molar refractivity (Wildman–Crippen MR) is 119 cm³/mol. The number of hydrogen-bond acceptors (Lipinski definition) is 5. The number of hydrogen-bond donors (Lipinski definition) is 3. The Kier molecular flexibility index (Phi) is 7.50. The average molecular weight is 419 g/mol. The van der Waals surface area contributed by atoms with Gasteiger partial charge in [-0.2, -0.15) is 0 Å². The van der Waals surface area contributed by atoms with Crippen molar-refractivity contribution < 1.29 is 9.53 Å². The van der Waals surface area contributed by atoms with E-state index in [2.05, 4.69) is 33.5 Å². The number of carbonyl (C=O) groups excluding carboxylic acids is 1. The zero-order valence-corrected chi connectivity index (χ0v) is 17.6. The number of para-hydroxylation sites is 2. The first-order valence-electron chi connectivity index (χ1n) is 9.50. The van der Waals surface area contributed by atoms with E-state index in [0.29, 0.717) is 24.8 Å². The van der Waals surface area contributed by atoms with E-state index in [-0.39, 0.29) is 12.1 Å². The molecule has 0 saturated carbocycles. The summed E-state index contributed by atoms with van der Waals surface area (Å²) in [5.74, 6) is 0. The van der Waals surface area contributed by atoms with Gasteiger partial charge >= 0.3 is 6.09 Å². The molecule has 0 unspecified atom stereocenters. The fraction of sp³-hybridized carbons (Fsp3) is 0.400. The number of nitrogens with zero attached hydrogens (tertiary/aromatic N) is 1. The quantitative estimate of drug-likeness (QED) is 0.609. The molecule has 1 aliphatic rings. The second kappa shape index (κ2) is 10.3. The van der Waals surface area contributed by atoms with Crippen molar-refractivity contribution in [1.29, 1.82) is 0 Å². The third kappa shape index (κ3) is 5.84. The van der Waals surface area contributed by atoms with Crippen LogP contribution in [0.25, 0.3) is 0 Å². The van der Waals surface area contributed by atoms with E-state index in [4.69, 9.17) is 17.0 Å². The van der Waals surface area contributed by atoms with Gasteiger partial charge < -0.3 is 25.6 Å². The van der Waals surface area contributed by atoms with Crippen LogP contribution in [-0.4, -0.2) is 41.8 Å². The van der Waals surface area contributed by atoms with Crippen molar-refractivity contribution in [2.75, 3.05) is 30.3 Å². The van der Waals surface area contributed by atoms with E-state index in [1.54, 1.807) is 16.2 Å². The van der Waals surface area contributed by atoms with Gasteiger partial charge in [-0.15, -0.1) is 11.3 Å². The van der Waals surface area contributed by atoms with E-state index in [1.165, 1.54) is 4.88 Å². The van der Waals surface area contributed by atoms with Gasteiger partial charge in [-0.25, -0.2) is 4.79 Å². The zero-order chi connectivity index (χ0) is 19.8. The van der Waals surface area contributed by atoms with Crippen molar-refractivity contribution in [3.8, 4) is 0 Å². The summed E-state index contributed by atoms with van der Waals surface area (Å²) in [6.45, 7) is 4.37. The van der Waals surface area contributed by atoms with Crippen molar-refractivity contribution in [1.82, 2.24) is 10.2 Å². The van der Waals surface area contributed by atoms with Gasteiger partial charge in [0.2, 0.25) is 0 Å². The Hall–Kier alpha value is -2.32. The Morgan fingerprint density at radius 3 is 2.64 bits per heavy atom. The van der Waals surface area contributed by atoms with E-state index in [0.717, 1.165) is 30.8 Å². The molecule has 150 valence electrons. The highest BCUT2D eigenvalue weighted by Crippen LogP contribution is 2.23. The fourth-order valence-electron chi connectivity index (χ4n) is 3.11. The zero-order valence-electron chi connectivity index (χ0n) is 15.9. The van der Waals surface area contributed by atoms with E-state index in [9.17, 15) is 4.79 Å². The number of rotatable bonds is 6. The number of nitrogens with one attached hydrogen (secondary N) is 3. The molecular weight excluding hydrogens is 392 g/mol. The van der Waals surface area contributed by atoms with Crippen molar-refractivity contribution in [3.63, 3.8) is 0 Å². The second-order valence-electron chi connectivity index (χ2n) is 6.54. The molecule has 3 rings (SSSR count). The van der Waals surface area contributed by atoms with Gasteiger partial charge in [-0.3, -0.25) is 0 Å². The van der Waals surface area contributed by atoms with E-state index in [1.807, 2.05) is 31.2 Å². The van der Waals surface area contributed by atoms with Crippen molar-refractivity contribution in [2.24, 2.45) is 0 Å². The third-order valence-corrected chi connectivity index (χ3v) is 5.66. The topological polar surface area (TPSA) is 65.6 Å². The van der Waals surface area contributed by atoms with Crippen LogP contribution < -0.4 is 16.0 Å². The number of carbonyl (C=O) groups is 1. The Labute approximate surface area is 175 Å². The highest BCUT2D eigenvalue weighted by atomic mass is 32.1. The number of thiocarbonyl (C=S) groups is 1. The number of ether oxygens (including phenoxy) is 1. The average Bonchev–Trinajstić information content (AvgIpc) is 3.21. The maximum absolute atomic E-state index is 11.8. The van der Waals surface area contributed by atoms with Gasteiger partial charge in [-0.05, 0) is 55.6 Å². The third-order valence-electron chi connectivity index (χ3n) is 4.56. The van der Waals surface area contributed by atoms with Crippen LogP contribution in [0.15, 0.2) is 41.8 Å². The first-order chi connectivity index (χ1) is 13.7. The van der Waals surface area contributed by atoms with Crippen LogP contribution in [0.2, 0.25) is 0 Å². The molecule has 8 heteroatoms. The Morgan fingerprint density at radius 1 is 1.21 bits per heavy atom. The molecule has 0 bridgehead atoms. The van der Waals surface area contributed by atoms with Crippen LogP contribution in [0.3, 0.4) is 0 Å². The maximum atomic E-state index is 11.8. The van der Waals surface area contributed by atoms with Gasteiger partial charge in [0.25, 0.3) is 0 Å². The molecule has 1 aromatic carbocycles. The van der Waals surface area contributed by atoms with Crippen LogP contribution in [0.1, 0.15) is 24.6 Å². The smallest absolute Gasteiger partial charge is 0.409 e. The standard InChI is InChI=1S/C20H26N4O2S2/c1-2-26-20(25)24-11-9-15(10-12-24)22-19(27)23-18-8-4-3-7-17(18)21-14-16-6-5-13-28-16/h3-8,13,15,21H,2,9-12,14H2,1H3,(H2,22,23,27). The molecule has 2 aromatic rings. The van der Waals surface area contributed by atoms with Crippen LogP contribution >= 0.6 is 23.6 Å². The fourth-order valence-corrected chi connectivity index (χ4v) is 4.03. The lowest BCUT2D eigenvalue weighted by atomic mass is 10.1. The monoisotopic (exact) mass is 418 g/mol. The summed E-state index contributed by atoms with van der Waals surface area (Å²) >= 11 is 7.24. The van der Waals surface area contributed by atoms with Gasteiger partial charge in [0.05, 0.1) is 18.0 Å². The summed E-state index contributed by atoms with van der Waals surface area (Å²) in [4.78, 5) is 14.8. The summed E-state index contributed by atoms with van der Waals surface area (Å²) in [6, 6.07) is 12.4. The molecule has 1 fully saturated rings. The molecule has 6 nitrogen and oxygen atoms in total. The lowest BCUT2D eigenvalue weighted by Crippen LogP contribution is -2.47. The molecule has 1 aliphatic heterocycles. The number of amides is 1. The molecule has 1 saturated heterocycles. The highest BCUT2D eigenvalue weighted by Gasteiger charge is 2.23. The lowest BCUT2D eigenvalue weighted by Gasteiger charge is -2.32. The Balaban J connectivity index is 1.48. The normalized spacial score (nSPS) is 14.4. The van der Waals surface area contributed by atoms with Crippen molar-refractivity contribution >= 4 is 46.1 Å². The molecule has 1 amide bonds. The van der Waals surface area contributed by atoms with Crippen molar-refractivity contribution in [3.05, 3.63) is 46.7 Å². The van der Waals surface area contributed by atoms with Gasteiger partial charge in [0.15, 0.2) is 5.11 Å². The predicted octanol–water partition coefficient (Wildman–Crippen LogP) is 4.27. The minimum Gasteiger partial charge on any atom is -0.450 e. The molecule has 0 radical (unpaired) electrons. The largest absolute Gasteiger partial charge is 0.450 e. The van der Waals surface area contributed by atoms with Crippen LogP contribution in [0.5, 0.6) is 0 Å². The SMILES string of the molecule is CCOC(=O)N1CCC(NC(=S)Nc2ccccc2NCc2cccs2)CC1. The number of anilines is 2. The number of benzene rings is 1. The minimum absolute atomic E-state index is 0.229. The number of thiophene rings is 1. The number of likely N-dealkylation sites (tertiary alicyclic amines) is 1. The first-order valence-corrected chi connectivity index (χ1v) is 10.8. The summed E-state index contributed by atoms with van der Waals surface area (Å²) in [5.41, 5.74) is 1.96. The first kappa shape index (κ1) is 20.4. The lowest BCUT2D eigenvalue weighted by molar-refractivity contribution is 0.0964. The summed E-state index contributed by atoms with van der Waals surface area (Å²) in [5, 5.41) is 12.8. The summed E-state index contributed by atoms with van der Waals surface area (Å²) in [6.07, 6.45) is 1.46. The summed E-state index contributed by atoms with van der Waals surface area (Å²) in [7, 11) is 0. The second-order valence-corrected chi connectivity index (χ2v) is 7.98. The molecule has 0 spiro atoms. The van der Waals surface area contributed by atoms with E-state index >= 15 is 0 Å². The minimum atomic E-state index is -0.229. The highest BCUT2D eigenvalue weighted by molar-refractivity contribution is 7.80. The Bertz CT molecular complexity index is 774.